The number of rotatable bonds is 8. The molecule has 0 radical (unpaired) electrons. The number of nitrogens with zero attached hydrogens (tertiary/aromatic N) is 2. The molecule has 2 heterocycles. The first kappa shape index (κ1) is 25.9. The summed E-state index contributed by atoms with van der Waals surface area (Å²) in [7, 11) is 0. The number of hydrogen-bond donors (Lipinski definition) is 2. The van der Waals surface area contributed by atoms with Crippen LogP contribution < -0.4 is 16.3 Å². The van der Waals surface area contributed by atoms with Gasteiger partial charge in [0.15, 0.2) is 12.5 Å². The molecule has 1 fully saturated rings. The van der Waals surface area contributed by atoms with Gasteiger partial charge >= 0.3 is 17.9 Å². The summed E-state index contributed by atoms with van der Waals surface area (Å²) in [6, 6.07) is 18.1. The molecule has 194 valence electrons. The lowest BCUT2D eigenvalue weighted by Crippen LogP contribution is -2.30. The van der Waals surface area contributed by atoms with Crippen LogP contribution in [-0.2, 0) is 25.6 Å². The second kappa shape index (κ2) is 12.2. The van der Waals surface area contributed by atoms with Crippen LogP contribution in [0.25, 0.3) is 0 Å². The van der Waals surface area contributed by atoms with Crippen LogP contribution >= 0.6 is 0 Å². The van der Waals surface area contributed by atoms with Crippen LogP contribution in [0.4, 0.5) is 21.1 Å². The van der Waals surface area contributed by atoms with E-state index in [1.165, 1.54) is 16.8 Å². The summed E-state index contributed by atoms with van der Waals surface area (Å²) in [5, 5.41) is 5.06. The molecule has 0 aliphatic carbocycles. The van der Waals surface area contributed by atoms with Gasteiger partial charge in [-0.2, -0.15) is 4.98 Å². The SMILES string of the molecule is CC(C)c1ccc(NC(=O)OC[C@H]2OC[C@@H](n3ccc(NC(=O)OCc4ccccc4)nc3=O)O2)cc1. The molecule has 0 bridgehead atoms. The van der Waals surface area contributed by atoms with Crippen molar-refractivity contribution in [1.82, 2.24) is 9.55 Å². The maximum Gasteiger partial charge on any atom is 0.413 e. The number of carbonyl (C=O) groups excluding carboxylic acids is 2. The smallest absolute Gasteiger partial charge is 0.413 e. The van der Waals surface area contributed by atoms with Crippen molar-refractivity contribution in [2.24, 2.45) is 0 Å². The van der Waals surface area contributed by atoms with Gasteiger partial charge in [-0.1, -0.05) is 56.3 Å². The molecule has 2 amide bonds. The highest BCUT2D eigenvalue weighted by Gasteiger charge is 2.29. The minimum absolute atomic E-state index is 0.0382. The first-order valence-electron chi connectivity index (χ1n) is 11.7. The van der Waals surface area contributed by atoms with Crippen molar-refractivity contribution in [3.8, 4) is 0 Å². The molecule has 1 aliphatic heterocycles. The third kappa shape index (κ3) is 7.38. The van der Waals surface area contributed by atoms with Crippen LogP contribution in [0, 0.1) is 0 Å². The predicted octanol–water partition coefficient (Wildman–Crippen LogP) is 4.24. The molecule has 0 spiro atoms. The van der Waals surface area contributed by atoms with E-state index < -0.39 is 30.4 Å². The Bertz CT molecular complexity index is 1260. The summed E-state index contributed by atoms with van der Waals surface area (Å²) in [4.78, 5) is 40.4. The Kier molecular flexibility index (Phi) is 8.49. The molecule has 2 atom stereocenters. The molecule has 0 unspecified atom stereocenters. The molecule has 11 heteroatoms. The second-order valence-electron chi connectivity index (χ2n) is 8.54. The molecular weight excluding hydrogens is 480 g/mol. The predicted molar refractivity (Wildman–Crippen MR) is 134 cm³/mol. The normalized spacial score (nSPS) is 16.8. The van der Waals surface area contributed by atoms with E-state index in [1.807, 2.05) is 42.5 Å². The van der Waals surface area contributed by atoms with Gasteiger partial charge in [0.25, 0.3) is 0 Å². The van der Waals surface area contributed by atoms with E-state index in [9.17, 15) is 14.4 Å². The Morgan fingerprint density at radius 3 is 2.46 bits per heavy atom. The number of anilines is 2. The Hall–Kier alpha value is -4.22. The summed E-state index contributed by atoms with van der Waals surface area (Å²) in [5.74, 6) is 0.429. The highest BCUT2D eigenvalue weighted by molar-refractivity contribution is 5.84. The van der Waals surface area contributed by atoms with Gasteiger partial charge in [-0.25, -0.2) is 14.4 Å². The molecule has 37 heavy (non-hydrogen) atoms. The summed E-state index contributed by atoms with van der Waals surface area (Å²) in [5.41, 5.74) is 1.94. The summed E-state index contributed by atoms with van der Waals surface area (Å²) in [6.45, 7) is 4.15. The molecule has 1 saturated heterocycles. The number of nitrogens with one attached hydrogen (secondary N) is 2. The van der Waals surface area contributed by atoms with Crippen molar-refractivity contribution in [3.05, 3.63) is 88.5 Å². The third-order valence-electron chi connectivity index (χ3n) is 5.49. The number of hydrogen-bond acceptors (Lipinski definition) is 8. The van der Waals surface area contributed by atoms with E-state index >= 15 is 0 Å². The highest BCUT2D eigenvalue weighted by Crippen LogP contribution is 2.21. The van der Waals surface area contributed by atoms with Crippen LogP contribution in [-0.4, -0.2) is 41.2 Å². The van der Waals surface area contributed by atoms with Gasteiger partial charge in [-0.05, 0) is 35.2 Å². The Morgan fingerprint density at radius 2 is 1.76 bits per heavy atom. The fourth-order valence-corrected chi connectivity index (χ4v) is 3.49. The van der Waals surface area contributed by atoms with E-state index in [-0.39, 0.29) is 25.6 Å². The molecular formula is C26H28N4O7. The fourth-order valence-electron chi connectivity index (χ4n) is 3.49. The highest BCUT2D eigenvalue weighted by atomic mass is 16.7. The number of benzene rings is 2. The van der Waals surface area contributed by atoms with Gasteiger partial charge in [0.2, 0.25) is 0 Å². The molecule has 2 aromatic carbocycles. The lowest BCUT2D eigenvalue weighted by atomic mass is 10.0. The summed E-state index contributed by atoms with van der Waals surface area (Å²) < 4.78 is 22.7. The van der Waals surface area contributed by atoms with Crippen LogP contribution in [0.2, 0.25) is 0 Å². The van der Waals surface area contributed by atoms with Crippen LogP contribution in [0.5, 0.6) is 0 Å². The van der Waals surface area contributed by atoms with Gasteiger partial charge in [-0.15, -0.1) is 0 Å². The zero-order valence-corrected chi connectivity index (χ0v) is 20.5. The maximum atomic E-state index is 12.5. The topological polar surface area (TPSA) is 130 Å². The quantitative estimate of drug-likeness (QED) is 0.462. The van der Waals surface area contributed by atoms with E-state index in [1.54, 1.807) is 12.1 Å². The summed E-state index contributed by atoms with van der Waals surface area (Å²) in [6.07, 6.45) is -1.58. The van der Waals surface area contributed by atoms with Gasteiger partial charge in [-0.3, -0.25) is 15.2 Å². The molecule has 2 N–H and O–H groups in total. The minimum Gasteiger partial charge on any atom is -0.444 e. The second-order valence-corrected chi connectivity index (χ2v) is 8.54. The van der Waals surface area contributed by atoms with Crippen LogP contribution in [0.1, 0.15) is 37.1 Å². The van der Waals surface area contributed by atoms with Crippen molar-refractivity contribution in [2.75, 3.05) is 23.8 Å². The van der Waals surface area contributed by atoms with E-state index in [2.05, 4.69) is 29.5 Å². The van der Waals surface area contributed by atoms with E-state index in [0.29, 0.717) is 11.6 Å². The lowest BCUT2D eigenvalue weighted by Gasteiger charge is -2.14. The Labute approximate surface area is 213 Å². The third-order valence-corrected chi connectivity index (χ3v) is 5.49. The molecule has 0 saturated carbocycles. The monoisotopic (exact) mass is 508 g/mol. The van der Waals surface area contributed by atoms with Gasteiger partial charge in [0.1, 0.15) is 19.0 Å². The Morgan fingerprint density at radius 1 is 1.03 bits per heavy atom. The Balaban J connectivity index is 1.22. The minimum atomic E-state index is -0.850. The van der Waals surface area contributed by atoms with Gasteiger partial charge in [0.05, 0.1) is 6.61 Å². The standard InChI is InChI=1S/C26H28N4O7/c1-17(2)19-8-10-20(11-9-19)27-25(32)36-16-23-34-15-22(37-23)30-13-12-21(28-24(30)31)29-26(33)35-14-18-6-4-3-5-7-18/h3-13,17,22-23H,14-16H2,1-2H3,(H,27,32)(H,28,29,31,33)/t22-,23-/m0/s1. The van der Waals surface area contributed by atoms with E-state index in [0.717, 1.165) is 11.1 Å². The average Bonchev–Trinajstić information content (AvgIpc) is 3.36. The molecule has 1 aromatic heterocycles. The van der Waals surface area contributed by atoms with Crippen molar-refractivity contribution in [2.45, 2.75) is 38.9 Å². The first-order valence-corrected chi connectivity index (χ1v) is 11.7. The maximum absolute atomic E-state index is 12.5. The van der Waals surface area contributed by atoms with Crippen molar-refractivity contribution >= 4 is 23.7 Å². The lowest BCUT2D eigenvalue weighted by molar-refractivity contribution is -0.0998. The van der Waals surface area contributed by atoms with E-state index in [4.69, 9.17) is 18.9 Å². The fraction of sp³-hybridized carbons (Fsp3) is 0.308. The average molecular weight is 509 g/mol. The van der Waals surface area contributed by atoms with Crippen molar-refractivity contribution < 1.29 is 28.5 Å². The molecule has 1 aliphatic rings. The first-order chi connectivity index (χ1) is 17.9. The zero-order valence-electron chi connectivity index (χ0n) is 20.5. The molecule has 3 aromatic rings. The van der Waals surface area contributed by atoms with Crippen molar-refractivity contribution in [1.29, 1.82) is 0 Å². The van der Waals surface area contributed by atoms with Crippen LogP contribution in [0.3, 0.4) is 0 Å². The largest absolute Gasteiger partial charge is 0.444 e. The van der Waals surface area contributed by atoms with Crippen molar-refractivity contribution in [3.63, 3.8) is 0 Å². The number of carbonyl (C=O) groups is 2. The molecule has 4 rings (SSSR count). The zero-order chi connectivity index (χ0) is 26.2. The number of ether oxygens (including phenoxy) is 4. The number of aromatic nitrogens is 2. The van der Waals surface area contributed by atoms with Gasteiger partial charge in [0, 0.05) is 11.9 Å². The van der Waals surface area contributed by atoms with Gasteiger partial charge < -0.3 is 18.9 Å². The number of amides is 2. The summed E-state index contributed by atoms with van der Waals surface area (Å²) >= 11 is 0. The van der Waals surface area contributed by atoms with Crippen LogP contribution in [0.15, 0.2) is 71.7 Å². The molecule has 11 nitrogen and oxygen atoms in total.